The molecule has 0 atom stereocenters. The molecule has 16 heavy (non-hydrogen) atoms. The van der Waals surface area contributed by atoms with Crippen molar-refractivity contribution >= 4 is 18.0 Å². The number of aryl methyl sites for hydroxylation is 1. The molecule has 84 valence electrons. The second-order valence-electron chi connectivity index (χ2n) is 3.38. The molecule has 0 radical (unpaired) electrons. The van der Waals surface area contributed by atoms with Crippen molar-refractivity contribution in [3.8, 4) is 0 Å². The van der Waals surface area contributed by atoms with Gasteiger partial charge in [0.25, 0.3) is 0 Å². The van der Waals surface area contributed by atoms with Crippen molar-refractivity contribution in [1.29, 1.82) is 0 Å². The molecule has 2 amide bonds. The maximum atomic E-state index is 11.3. The van der Waals surface area contributed by atoms with Crippen LogP contribution in [0.15, 0.2) is 21.7 Å². The van der Waals surface area contributed by atoms with Gasteiger partial charge in [-0.15, -0.1) is 0 Å². The lowest BCUT2D eigenvalue weighted by Gasteiger charge is -2.20. The van der Waals surface area contributed by atoms with E-state index in [1.54, 1.807) is 12.1 Å². The zero-order valence-corrected chi connectivity index (χ0v) is 8.77. The van der Waals surface area contributed by atoms with Crippen molar-refractivity contribution < 1.29 is 14.0 Å². The molecule has 2 heterocycles. The second-order valence-corrected chi connectivity index (χ2v) is 3.38. The summed E-state index contributed by atoms with van der Waals surface area (Å²) >= 11 is 0. The minimum absolute atomic E-state index is 0.376. The summed E-state index contributed by atoms with van der Waals surface area (Å²) in [5.41, 5.74) is 0. The fourth-order valence-electron chi connectivity index (χ4n) is 1.33. The Kier molecular flexibility index (Phi) is 2.72. The van der Waals surface area contributed by atoms with Gasteiger partial charge in [0, 0.05) is 6.54 Å². The van der Waals surface area contributed by atoms with E-state index in [1.807, 2.05) is 6.92 Å². The second kappa shape index (κ2) is 4.18. The molecule has 1 aliphatic heterocycles. The van der Waals surface area contributed by atoms with Gasteiger partial charge in [-0.1, -0.05) is 0 Å². The lowest BCUT2D eigenvalue weighted by atomic mass is 10.4. The quantitative estimate of drug-likeness (QED) is 0.559. The van der Waals surface area contributed by atoms with Crippen LogP contribution in [0, 0.1) is 6.92 Å². The Hall–Kier alpha value is -2.11. The summed E-state index contributed by atoms with van der Waals surface area (Å²) in [4.78, 5) is 22.3. The first-order valence-corrected chi connectivity index (χ1v) is 4.87. The molecule has 6 heteroatoms. The number of rotatable bonds is 2. The summed E-state index contributed by atoms with van der Waals surface area (Å²) in [6.07, 6.45) is 1.42. The van der Waals surface area contributed by atoms with E-state index < -0.39 is 11.8 Å². The van der Waals surface area contributed by atoms with Crippen molar-refractivity contribution in [1.82, 2.24) is 10.3 Å². The molecule has 1 fully saturated rings. The first-order chi connectivity index (χ1) is 7.66. The summed E-state index contributed by atoms with van der Waals surface area (Å²) < 4.78 is 5.25. The van der Waals surface area contributed by atoms with Crippen LogP contribution in [0.4, 0.5) is 0 Å². The van der Waals surface area contributed by atoms with Crippen molar-refractivity contribution in [2.24, 2.45) is 5.10 Å². The van der Waals surface area contributed by atoms with Gasteiger partial charge in [-0.05, 0) is 19.1 Å². The van der Waals surface area contributed by atoms with Crippen LogP contribution >= 0.6 is 0 Å². The summed E-state index contributed by atoms with van der Waals surface area (Å²) in [7, 11) is 0. The molecule has 1 aromatic heterocycles. The molecule has 0 aromatic carbocycles. The maximum absolute atomic E-state index is 11.3. The molecule has 0 aliphatic carbocycles. The number of nitrogens with zero attached hydrogens (tertiary/aromatic N) is 2. The first-order valence-electron chi connectivity index (χ1n) is 4.87. The number of hydrazone groups is 1. The molecular weight excluding hydrogens is 210 g/mol. The Labute approximate surface area is 91.9 Å². The molecule has 2 rings (SSSR count). The van der Waals surface area contributed by atoms with Gasteiger partial charge in [0.15, 0.2) is 0 Å². The van der Waals surface area contributed by atoms with E-state index in [1.165, 1.54) is 6.21 Å². The number of furan rings is 1. The normalized spacial score (nSPS) is 16.9. The number of carbonyl (C=O) groups excluding carboxylic acids is 2. The largest absolute Gasteiger partial charge is 0.460 e. The van der Waals surface area contributed by atoms with Gasteiger partial charge in [-0.25, -0.2) is 5.01 Å². The highest BCUT2D eigenvalue weighted by Crippen LogP contribution is 2.04. The molecule has 0 unspecified atom stereocenters. The van der Waals surface area contributed by atoms with Crippen LogP contribution in [0.1, 0.15) is 11.5 Å². The summed E-state index contributed by atoms with van der Waals surface area (Å²) in [6.45, 7) is 2.61. The minimum Gasteiger partial charge on any atom is -0.460 e. The highest BCUT2D eigenvalue weighted by Gasteiger charge is 2.25. The maximum Gasteiger partial charge on any atom is 0.331 e. The average molecular weight is 221 g/mol. The monoisotopic (exact) mass is 221 g/mol. The van der Waals surface area contributed by atoms with Crippen molar-refractivity contribution in [2.45, 2.75) is 6.92 Å². The summed E-state index contributed by atoms with van der Waals surface area (Å²) in [5.74, 6) is 0.0465. The SMILES string of the molecule is Cc1ccc(/C=N/N2CCNC(=O)C2=O)o1. The van der Waals surface area contributed by atoms with E-state index in [4.69, 9.17) is 4.42 Å². The predicted molar refractivity (Wildman–Crippen MR) is 55.8 cm³/mol. The Bertz CT molecular complexity index is 450. The van der Waals surface area contributed by atoms with Crippen LogP contribution < -0.4 is 5.32 Å². The van der Waals surface area contributed by atoms with Crippen LogP contribution in [0.3, 0.4) is 0 Å². The zero-order valence-electron chi connectivity index (χ0n) is 8.77. The van der Waals surface area contributed by atoms with Crippen molar-refractivity contribution in [3.63, 3.8) is 0 Å². The van der Waals surface area contributed by atoms with Crippen molar-refractivity contribution in [3.05, 3.63) is 23.7 Å². The van der Waals surface area contributed by atoms with Crippen LogP contribution in [0.5, 0.6) is 0 Å². The van der Waals surface area contributed by atoms with E-state index in [9.17, 15) is 9.59 Å². The van der Waals surface area contributed by atoms with Gasteiger partial charge < -0.3 is 9.73 Å². The third-order valence-corrected chi connectivity index (χ3v) is 2.12. The van der Waals surface area contributed by atoms with Crippen LogP contribution in [-0.4, -0.2) is 36.1 Å². The third kappa shape index (κ3) is 2.10. The molecule has 1 N–H and O–H groups in total. The first kappa shape index (κ1) is 10.4. The summed E-state index contributed by atoms with van der Waals surface area (Å²) in [6, 6.07) is 3.54. The molecular formula is C10H11N3O3. The van der Waals surface area contributed by atoms with E-state index in [-0.39, 0.29) is 0 Å². The lowest BCUT2D eigenvalue weighted by Crippen LogP contribution is -2.49. The van der Waals surface area contributed by atoms with Gasteiger partial charge in [0.05, 0.1) is 12.8 Å². The van der Waals surface area contributed by atoms with Gasteiger partial charge >= 0.3 is 11.8 Å². The topological polar surface area (TPSA) is 74.9 Å². The Morgan fingerprint density at radius 3 is 3.00 bits per heavy atom. The number of nitrogens with one attached hydrogen (secondary N) is 1. The van der Waals surface area contributed by atoms with Crippen LogP contribution in [0.2, 0.25) is 0 Å². The minimum atomic E-state index is -0.647. The average Bonchev–Trinajstić information content (AvgIpc) is 2.67. The molecule has 0 saturated carbocycles. The predicted octanol–water partition coefficient (Wildman–Crippen LogP) is -0.120. The summed E-state index contributed by atoms with van der Waals surface area (Å²) in [5, 5.41) is 7.46. The standard InChI is InChI=1S/C10H11N3O3/c1-7-2-3-8(16-7)6-12-13-5-4-11-9(14)10(13)15/h2-3,6H,4-5H2,1H3,(H,11,14)/b12-6+. The van der Waals surface area contributed by atoms with Crippen molar-refractivity contribution in [2.75, 3.05) is 13.1 Å². The van der Waals surface area contributed by atoms with Gasteiger partial charge in [-0.3, -0.25) is 9.59 Å². The highest BCUT2D eigenvalue weighted by atomic mass is 16.3. The number of hydrogen-bond donors (Lipinski definition) is 1. The van der Waals surface area contributed by atoms with E-state index in [0.29, 0.717) is 18.8 Å². The van der Waals surface area contributed by atoms with Gasteiger partial charge in [0.1, 0.15) is 11.5 Å². The van der Waals surface area contributed by atoms with E-state index >= 15 is 0 Å². The number of amides is 2. The molecule has 1 aliphatic rings. The molecule has 6 nitrogen and oxygen atoms in total. The number of hydrogen-bond acceptors (Lipinski definition) is 4. The Morgan fingerprint density at radius 2 is 2.31 bits per heavy atom. The van der Waals surface area contributed by atoms with Crippen LogP contribution in [0.25, 0.3) is 0 Å². The van der Waals surface area contributed by atoms with Gasteiger partial charge in [0.2, 0.25) is 0 Å². The smallest absolute Gasteiger partial charge is 0.331 e. The fraction of sp³-hybridized carbons (Fsp3) is 0.300. The Morgan fingerprint density at radius 1 is 1.50 bits per heavy atom. The molecule has 1 saturated heterocycles. The van der Waals surface area contributed by atoms with E-state index in [0.717, 1.165) is 10.8 Å². The number of piperazine rings is 1. The van der Waals surface area contributed by atoms with Gasteiger partial charge in [-0.2, -0.15) is 5.10 Å². The molecule has 0 bridgehead atoms. The highest BCUT2D eigenvalue weighted by molar-refractivity contribution is 6.35. The lowest BCUT2D eigenvalue weighted by molar-refractivity contribution is -0.148. The molecule has 0 spiro atoms. The zero-order chi connectivity index (χ0) is 11.5. The van der Waals surface area contributed by atoms with Crippen LogP contribution in [-0.2, 0) is 9.59 Å². The third-order valence-electron chi connectivity index (χ3n) is 2.12. The number of carbonyl (C=O) groups is 2. The molecule has 1 aromatic rings. The van der Waals surface area contributed by atoms with E-state index in [2.05, 4.69) is 10.4 Å². The Balaban J connectivity index is 2.06. The fourth-order valence-corrected chi connectivity index (χ4v) is 1.33.